The first-order chi connectivity index (χ1) is 15.3. The lowest BCUT2D eigenvalue weighted by Crippen LogP contribution is -2.32. The van der Waals surface area contributed by atoms with Crippen LogP contribution in [-0.4, -0.2) is 37.6 Å². The van der Waals surface area contributed by atoms with Gasteiger partial charge in [-0.25, -0.2) is 0 Å². The molecule has 1 fully saturated rings. The van der Waals surface area contributed by atoms with Crippen molar-refractivity contribution in [2.45, 2.75) is 46.0 Å². The first kappa shape index (κ1) is 23.0. The van der Waals surface area contributed by atoms with Crippen molar-refractivity contribution in [3.8, 4) is 0 Å². The summed E-state index contributed by atoms with van der Waals surface area (Å²) in [5.74, 6) is -0.102. The molecule has 164 valence electrons. The summed E-state index contributed by atoms with van der Waals surface area (Å²) in [7, 11) is 1.46. The van der Waals surface area contributed by atoms with Gasteiger partial charge in [0.15, 0.2) is 0 Å². The van der Waals surface area contributed by atoms with Gasteiger partial charge in [0, 0.05) is 19.5 Å². The molecule has 0 radical (unpaired) electrons. The molecule has 0 spiro atoms. The topological polar surface area (TPSA) is 29.5 Å². The van der Waals surface area contributed by atoms with Crippen LogP contribution in [0.3, 0.4) is 0 Å². The van der Waals surface area contributed by atoms with E-state index >= 15 is 0 Å². The Kier molecular flexibility index (Phi) is 8.66. The number of hydrogen-bond acceptors (Lipinski definition) is 3. The van der Waals surface area contributed by atoms with Crippen LogP contribution in [0.5, 0.6) is 0 Å². The van der Waals surface area contributed by atoms with Crippen LogP contribution in [-0.2, 0) is 9.53 Å². The number of fused-ring (bicyclic) bond motifs is 2. The molecule has 1 aliphatic carbocycles. The molecule has 31 heavy (non-hydrogen) atoms. The lowest BCUT2D eigenvalue weighted by Gasteiger charge is -2.30. The highest BCUT2D eigenvalue weighted by Gasteiger charge is 2.22. The predicted octanol–water partition coefficient (Wildman–Crippen LogP) is 6.44. The van der Waals surface area contributed by atoms with Crippen molar-refractivity contribution in [2.24, 2.45) is 0 Å². The number of carbonyl (C=O) groups excluding carboxylic acids is 1. The van der Waals surface area contributed by atoms with Crippen LogP contribution in [0, 0.1) is 0 Å². The first-order valence-electron chi connectivity index (χ1n) is 11.6. The predicted molar refractivity (Wildman–Crippen MR) is 131 cm³/mol. The van der Waals surface area contributed by atoms with E-state index in [-0.39, 0.29) is 5.97 Å². The van der Waals surface area contributed by atoms with Crippen molar-refractivity contribution < 1.29 is 9.53 Å². The summed E-state index contributed by atoms with van der Waals surface area (Å²) in [6.07, 6.45) is 9.20. The second-order valence-electron chi connectivity index (χ2n) is 7.86. The molecule has 2 aromatic carbocycles. The van der Waals surface area contributed by atoms with Crippen molar-refractivity contribution in [3.63, 3.8) is 0 Å². The first-order valence-corrected chi connectivity index (χ1v) is 11.6. The zero-order valence-corrected chi connectivity index (χ0v) is 19.2. The number of esters is 1. The third-order valence-electron chi connectivity index (χ3n) is 6.05. The molecule has 1 saturated heterocycles. The van der Waals surface area contributed by atoms with E-state index in [1.165, 1.54) is 34.9 Å². The minimum atomic E-state index is -0.102. The summed E-state index contributed by atoms with van der Waals surface area (Å²) < 4.78 is 4.73. The molecular weight excluding hydrogens is 382 g/mol. The van der Waals surface area contributed by atoms with E-state index in [1.807, 2.05) is 13.8 Å². The van der Waals surface area contributed by atoms with E-state index in [1.54, 1.807) is 5.57 Å². The van der Waals surface area contributed by atoms with Crippen LogP contribution in [0.25, 0.3) is 17.7 Å². The van der Waals surface area contributed by atoms with E-state index in [0.717, 1.165) is 45.3 Å². The highest BCUT2D eigenvalue weighted by Crippen LogP contribution is 2.38. The quantitative estimate of drug-likeness (QED) is 0.353. The molecule has 3 heteroatoms. The van der Waals surface area contributed by atoms with Crippen LogP contribution < -0.4 is 0 Å². The molecule has 1 heterocycles. The van der Waals surface area contributed by atoms with Gasteiger partial charge in [-0.15, -0.1) is 0 Å². The number of ether oxygens (including phenoxy) is 1. The number of methoxy groups -OCH3 is 1. The van der Waals surface area contributed by atoms with E-state index < -0.39 is 0 Å². The summed E-state index contributed by atoms with van der Waals surface area (Å²) in [6.45, 7) is 7.25. The van der Waals surface area contributed by atoms with E-state index in [9.17, 15) is 4.79 Å². The summed E-state index contributed by atoms with van der Waals surface area (Å²) in [5.41, 5.74) is 8.32. The average Bonchev–Trinajstić information content (AvgIpc) is 3.00. The second-order valence-corrected chi connectivity index (χ2v) is 7.86. The Morgan fingerprint density at radius 3 is 1.97 bits per heavy atom. The monoisotopic (exact) mass is 417 g/mol. The minimum Gasteiger partial charge on any atom is -0.469 e. The van der Waals surface area contributed by atoms with E-state index in [2.05, 4.69) is 65.6 Å². The Morgan fingerprint density at radius 2 is 1.42 bits per heavy atom. The number of hydrogen-bond donors (Lipinski definition) is 0. The molecule has 0 aromatic heterocycles. The molecule has 2 aliphatic rings. The van der Waals surface area contributed by atoms with Crippen LogP contribution >= 0.6 is 0 Å². The molecular formula is C28H35NO2. The minimum absolute atomic E-state index is 0.102. The van der Waals surface area contributed by atoms with Gasteiger partial charge in [0.2, 0.25) is 0 Å². The highest BCUT2D eigenvalue weighted by molar-refractivity contribution is 5.94. The van der Waals surface area contributed by atoms with Gasteiger partial charge >= 0.3 is 5.97 Å². The van der Waals surface area contributed by atoms with E-state index in [0.29, 0.717) is 6.42 Å². The normalized spacial score (nSPS) is 15.3. The van der Waals surface area contributed by atoms with Gasteiger partial charge < -0.3 is 9.64 Å². The largest absolute Gasteiger partial charge is 0.469 e. The lowest BCUT2D eigenvalue weighted by molar-refractivity contribution is -0.140. The van der Waals surface area contributed by atoms with Gasteiger partial charge in [-0.1, -0.05) is 80.1 Å². The molecule has 0 amide bonds. The molecule has 0 unspecified atom stereocenters. The summed E-state index contributed by atoms with van der Waals surface area (Å²) in [4.78, 5) is 13.8. The van der Waals surface area contributed by atoms with E-state index in [4.69, 9.17) is 4.74 Å². The molecule has 2 aromatic rings. The smallest absolute Gasteiger partial charge is 0.305 e. The lowest BCUT2D eigenvalue weighted by atomic mass is 9.86. The molecule has 1 aliphatic heterocycles. The van der Waals surface area contributed by atoms with Crippen molar-refractivity contribution in [1.29, 1.82) is 0 Å². The van der Waals surface area contributed by atoms with Gasteiger partial charge in [0.25, 0.3) is 0 Å². The van der Waals surface area contributed by atoms with Crippen molar-refractivity contribution in [3.05, 3.63) is 76.4 Å². The van der Waals surface area contributed by atoms with Gasteiger partial charge in [-0.05, 0) is 60.1 Å². The average molecular weight is 418 g/mol. The summed E-state index contributed by atoms with van der Waals surface area (Å²) in [5, 5.41) is 0. The zero-order chi connectivity index (χ0) is 22.1. The Bertz CT molecular complexity index is 880. The van der Waals surface area contributed by atoms with Crippen molar-refractivity contribution in [2.75, 3.05) is 26.7 Å². The highest BCUT2D eigenvalue weighted by atomic mass is 16.5. The molecule has 0 bridgehead atoms. The second kappa shape index (κ2) is 11.7. The number of piperidine rings is 1. The summed E-state index contributed by atoms with van der Waals surface area (Å²) >= 11 is 0. The van der Waals surface area contributed by atoms with Crippen LogP contribution in [0.4, 0.5) is 0 Å². The third kappa shape index (κ3) is 5.74. The number of unbranched alkanes of at least 4 members (excludes halogenated alkanes) is 1. The molecule has 3 nitrogen and oxygen atoms in total. The molecule has 0 saturated carbocycles. The standard InChI is InChI=1S/C26H29NO2.C2H6/c1-29-25(28)12-6-7-17-27-18-15-22(16-19-27)26-23-10-4-2-8-20(23)13-14-21-9-3-5-11-24(21)26;1-2/h2-5,8-11,13-14H,6-7,12,15-19H2,1H3;1-2H3. The zero-order valence-electron chi connectivity index (χ0n) is 19.2. The number of benzene rings is 2. The van der Waals surface area contributed by atoms with Gasteiger partial charge in [-0.3, -0.25) is 4.79 Å². The molecule has 0 atom stereocenters. The Labute approximate surface area is 187 Å². The van der Waals surface area contributed by atoms with Crippen LogP contribution in [0.1, 0.15) is 68.2 Å². The SMILES string of the molecule is CC.COC(=O)CCCCN1CCC(=C2c3ccccc3C=Cc3ccccc32)CC1. The Morgan fingerprint density at radius 1 is 0.871 bits per heavy atom. The summed E-state index contributed by atoms with van der Waals surface area (Å²) in [6, 6.07) is 17.5. The number of nitrogens with zero attached hydrogens (tertiary/aromatic N) is 1. The maximum atomic E-state index is 11.3. The maximum Gasteiger partial charge on any atom is 0.305 e. The van der Waals surface area contributed by atoms with Gasteiger partial charge in [-0.2, -0.15) is 0 Å². The third-order valence-corrected chi connectivity index (χ3v) is 6.05. The Balaban J connectivity index is 0.00000132. The maximum absolute atomic E-state index is 11.3. The van der Waals surface area contributed by atoms with Crippen LogP contribution in [0.2, 0.25) is 0 Å². The van der Waals surface area contributed by atoms with Crippen LogP contribution in [0.15, 0.2) is 54.1 Å². The molecule has 0 N–H and O–H groups in total. The number of likely N-dealkylation sites (tertiary alicyclic amines) is 1. The van der Waals surface area contributed by atoms with Gasteiger partial charge in [0.05, 0.1) is 7.11 Å². The fourth-order valence-corrected chi connectivity index (χ4v) is 4.45. The van der Waals surface area contributed by atoms with Gasteiger partial charge in [0.1, 0.15) is 0 Å². The number of rotatable bonds is 5. The fraction of sp³-hybridized carbons (Fsp3) is 0.393. The Hall–Kier alpha value is -2.65. The fourth-order valence-electron chi connectivity index (χ4n) is 4.45. The molecule has 4 rings (SSSR count). The number of carbonyl (C=O) groups is 1. The van der Waals surface area contributed by atoms with Crippen molar-refractivity contribution >= 4 is 23.7 Å². The van der Waals surface area contributed by atoms with Crippen molar-refractivity contribution in [1.82, 2.24) is 4.90 Å².